The van der Waals surface area contributed by atoms with E-state index in [9.17, 15) is 24.6 Å². The topological polar surface area (TPSA) is 119 Å². The van der Waals surface area contributed by atoms with E-state index >= 15 is 0 Å². The summed E-state index contributed by atoms with van der Waals surface area (Å²) < 4.78 is 15.2. The molecule has 0 aromatic carbocycles. The van der Waals surface area contributed by atoms with E-state index in [2.05, 4.69) is 20.1 Å². The number of unbranched alkanes of at least 4 members (excludes halogenated alkanes) is 9. The zero-order valence-electron chi connectivity index (χ0n) is 22.4. The first-order valence-corrected chi connectivity index (χ1v) is 13.4. The van der Waals surface area contributed by atoms with Gasteiger partial charge in [-0.15, -0.1) is 0 Å². The summed E-state index contributed by atoms with van der Waals surface area (Å²) in [4.78, 5) is 34.7. The average Bonchev–Trinajstić information content (AvgIpc) is 2.86. The van der Waals surface area contributed by atoms with E-state index < -0.39 is 36.2 Å². The molecule has 0 radical (unpaired) electrons. The largest absolute Gasteiger partial charge is 0.463 e. The summed E-state index contributed by atoms with van der Waals surface area (Å²) in [5, 5.41) is 20.2. The van der Waals surface area contributed by atoms with Gasteiger partial charge in [-0.3, -0.25) is 4.79 Å². The van der Waals surface area contributed by atoms with E-state index in [-0.39, 0.29) is 25.2 Å². The molecule has 2 N–H and O–H groups in total. The number of aliphatic hydroxyl groups excluding tert-OH is 2. The van der Waals surface area contributed by atoms with Crippen molar-refractivity contribution < 1.29 is 38.8 Å². The summed E-state index contributed by atoms with van der Waals surface area (Å²) in [6.45, 7) is 10.1. The summed E-state index contributed by atoms with van der Waals surface area (Å²) >= 11 is 0. The van der Waals surface area contributed by atoms with Crippen molar-refractivity contribution in [3.8, 4) is 0 Å². The molecule has 0 aliphatic rings. The highest BCUT2D eigenvalue weighted by Gasteiger charge is 2.22. The van der Waals surface area contributed by atoms with Crippen LogP contribution in [0.25, 0.3) is 0 Å². The van der Waals surface area contributed by atoms with E-state index in [1.807, 2.05) is 0 Å². The van der Waals surface area contributed by atoms with Crippen LogP contribution in [0.2, 0.25) is 0 Å². The highest BCUT2D eigenvalue weighted by molar-refractivity contribution is 5.86. The molecule has 8 nitrogen and oxygen atoms in total. The second-order valence-corrected chi connectivity index (χ2v) is 9.33. The summed E-state index contributed by atoms with van der Waals surface area (Å²) in [5.41, 5.74) is 0.234. The molecule has 0 aliphatic heterocycles. The van der Waals surface area contributed by atoms with Crippen molar-refractivity contribution in [2.24, 2.45) is 0 Å². The Bertz CT molecular complexity index is 645. The SMILES string of the molecule is C=CC(=O)OC(CCCCCCCC)C(O)CCCCCCCC(=O)OCC(O)COC(=O)C(=C)C. The standard InChI is InChI=1S/C28H48O8/c1-5-7-8-9-12-15-18-25(36-26(31)6-2)24(30)17-14-11-10-13-16-19-27(32)34-20-23(29)21-35-28(33)22(3)4/h6,23-25,29-30H,2-3,5,7-21H2,1,4H3. The fraction of sp³-hybridized carbons (Fsp3) is 0.750. The number of carbonyl (C=O) groups excluding carboxylic acids is 3. The Kier molecular flexibility index (Phi) is 20.7. The van der Waals surface area contributed by atoms with Crippen LogP contribution >= 0.6 is 0 Å². The van der Waals surface area contributed by atoms with Crippen molar-refractivity contribution in [2.75, 3.05) is 13.2 Å². The van der Waals surface area contributed by atoms with Gasteiger partial charge in [-0.25, -0.2) is 9.59 Å². The number of carbonyl (C=O) groups is 3. The van der Waals surface area contributed by atoms with Crippen LogP contribution in [0.1, 0.15) is 104 Å². The minimum Gasteiger partial charge on any atom is -0.463 e. The quantitative estimate of drug-likeness (QED) is 0.0854. The summed E-state index contributed by atoms with van der Waals surface area (Å²) in [7, 11) is 0. The molecule has 0 heterocycles. The first-order valence-electron chi connectivity index (χ1n) is 13.4. The van der Waals surface area contributed by atoms with Crippen LogP contribution in [0, 0.1) is 0 Å². The molecule has 0 fully saturated rings. The lowest BCUT2D eigenvalue weighted by Crippen LogP contribution is -2.31. The predicted octanol–water partition coefficient (Wildman–Crippen LogP) is 4.95. The fourth-order valence-electron chi connectivity index (χ4n) is 3.60. The van der Waals surface area contributed by atoms with Gasteiger partial charge < -0.3 is 24.4 Å². The van der Waals surface area contributed by atoms with Gasteiger partial charge in [0.2, 0.25) is 0 Å². The third kappa shape index (κ3) is 19.1. The van der Waals surface area contributed by atoms with Gasteiger partial charge in [0.15, 0.2) is 0 Å². The van der Waals surface area contributed by atoms with Gasteiger partial charge in [-0.05, 0) is 32.6 Å². The first kappa shape index (κ1) is 33.8. The Morgan fingerprint density at radius 2 is 1.39 bits per heavy atom. The molecule has 3 unspecified atom stereocenters. The van der Waals surface area contributed by atoms with Gasteiger partial charge in [-0.2, -0.15) is 0 Å². The second kappa shape index (κ2) is 22.0. The molecule has 0 bridgehead atoms. The highest BCUT2D eigenvalue weighted by atomic mass is 16.6. The summed E-state index contributed by atoms with van der Waals surface area (Å²) in [6.07, 6.45) is 11.2. The van der Waals surface area contributed by atoms with Crippen LogP contribution in [-0.4, -0.2) is 59.6 Å². The fourth-order valence-corrected chi connectivity index (χ4v) is 3.60. The Hall–Kier alpha value is -2.19. The minimum absolute atomic E-state index is 0.226. The van der Waals surface area contributed by atoms with E-state index in [0.717, 1.165) is 51.0 Å². The molecule has 208 valence electrons. The lowest BCUT2D eigenvalue weighted by Gasteiger charge is -2.23. The van der Waals surface area contributed by atoms with Gasteiger partial charge in [0, 0.05) is 18.1 Å². The van der Waals surface area contributed by atoms with Crippen LogP contribution in [0.5, 0.6) is 0 Å². The third-order valence-electron chi connectivity index (χ3n) is 5.78. The van der Waals surface area contributed by atoms with Crippen LogP contribution < -0.4 is 0 Å². The summed E-state index contributed by atoms with van der Waals surface area (Å²) in [6, 6.07) is 0. The lowest BCUT2D eigenvalue weighted by molar-refractivity contribution is -0.151. The average molecular weight is 513 g/mol. The number of rotatable bonds is 23. The maximum Gasteiger partial charge on any atom is 0.333 e. The zero-order chi connectivity index (χ0) is 27.2. The highest BCUT2D eigenvalue weighted by Crippen LogP contribution is 2.18. The molecule has 0 spiro atoms. The molecule has 3 atom stereocenters. The molecule has 0 aromatic heterocycles. The van der Waals surface area contributed by atoms with E-state index in [0.29, 0.717) is 19.3 Å². The molecule has 0 aromatic rings. The van der Waals surface area contributed by atoms with Crippen molar-refractivity contribution >= 4 is 17.9 Å². The Morgan fingerprint density at radius 3 is 2.00 bits per heavy atom. The molecule has 0 aliphatic carbocycles. The van der Waals surface area contributed by atoms with Crippen LogP contribution in [0.4, 0.5) is 0 Å². The van der Waals surface area contributed by atoms with Crippen LogP contribution in [-0.2, 0) is 28.6 Å². The second-order valence-electron chi connectivity index (χ2n) is 9.33. The lowest BCUT2D eigenvalue weighted by atomic mass is 9.99. The maximum absolute atomic E-state index is 11.8. The predicted molar refractivity (Wildman–Crippen MR) is 139 cm³/mol. The number of hydrogen-bond donors (Lipinski definition) is 2. The Labute approximate surface area is 217 Å². The molecular weight excluding hydrogens is 464 g/mol. The van der Waals surface area contributed by atoms with Crippen molar-refractivity contribution in [2.45, 2.75) is 122 Å². The molecule has 0 saturated heterocycles. The van der Waals surface area contributed by atoms with Crippen molar-refractivity contribution in [3.63, 3.8) is 0 Å². The summed E-state index contributed by atoms with van der Waals surface area (Å²) in [5.74, 6) is -1.51. The smallest absolute Gasteiger partial charge is 0.333 e. The van der Waals surface area contributed by atoms with E-state index in [1.165, 1.54) is 26.2 Å². The minimum atomic E-state index is -1.07. The zero-order valence-corrected chi connectivity index (χ0v) is 22.4. The normalized spacial score (nSPS) is 13.3. The number of esters is 3. The third-order valence-corrected chi connectivity index (χ3v) is 5.78. The Morgan fingerprint density at radius 1 is 0.833 bits per heavy atom. The molecule has 8 heteroatoms. The maximum atomic E-state index is 11.8. The van der Waals surface area contributed by atoms with Gasteiger partial charge in [0.05, 0.1) is 6.10 Å². The van der Waals surface area contributed by atoms with Crippen molar-refractivity contribution in [1.82, 2.24) is 0 Å². The molecule has 0 saturated carbocycles. The molecule has 0 amide bonds. The first-order chi connectivity index (χ1) is 17.2. The molecule has 0 rings (SSSR count). The van der Waals surface area contributed by atoms with Crippen molar-refractivity contribution in [3.05, 3.63) is 24.8 Å². The Balaban J connectivity index is 3.98. The molecule has 36 heavy (non-hydrogen) atoms. The van der Waals surface area contributed by atoms with E-state index in [4.69, 9.17) is 14.2 Å². The molecular formula is C28H48O8. The van der Waals surface area contributed by atoms with Crippen molar-refractivity contribution in [1.29, 1.82) is 0 Å². The van der Waals surface area contributed by atoms with E-state index in [1.54, 1.807) is 0 Å². The van der Waals surface area contributed by atoms with Crippen LogP contribution in [0.15, 0.2) is 24.8 Å². The number of hydrogen-bond acceptors (Lipinski definition) is 8. The van der Waals surface area contributed by atoms with Gasteiger partial charge in [0.25, 0.3) is 0 Å². The van der Waals surface area contributed by atoms with Gasteiger partial charge in [-0.1, -0.05) is 77.9 Å². The number of aliphatic hydroxyl groups is 2. The van der Waals surface area contributed by atoms with Gasteiger partial charge >= 0.3 is 17.9 Å². The van der Waals surface area contributed by atoms with Gasteiger partial charge in [0.1, 0.15) is 25.4 Å². The monoisotopic (exact) mass is 512 g/mol. The number of ether oxygens (including phenoxy) is 3. The van der Waals surface area contributed by atoms with Crippen LogP contribution in [0.3, 0.4) is 0 Å².